The summed E-state index contributed by atoms with van der Waals surface area (Å²) in [5, 5.41) is 25.4. The van der Waals surface area contributed by atoms with Gasteiger partial charge in [0.25, 0.3) is 23.2 Å². The van der Waals surface area contributed by atoms with E-state index in [2.05, 4.69) is 5.32 Å². The Balaban J connectivity index is 1.49. The lowest BCUT2D eigenvalue weighted by Crippen LogP contribution is -2.31. The number of anilines is 1. The van der Waals surface area contributed by atoms with Crippen molar-refractivity contribution in [3.05, 3.63) is 38.4 Å². The fourth-order valence-electron chi connectivity index (χ4n) is 3.42. The van der Waals surface area contributed by atoms with Crippen molar-refractivity contribution in [3.8, 4) is 0 Å². The molecule has 180 valence electrons. The van der Waals surface area contributed by atoms with E-state index >= 15 is 0 Å². The van der Waals surface area contributed by atoms with Gasteiger partial charge >= 0.3 is 5.97 Å². The molecule has 0 aliphatic carbocycles. The van der Waals surface area contributed by atoms with Crippen LogP contribution in [0.1, 0.15) is 70.6 Å². The molecule has 0 unspecified atom stereocenters. The van der Waals surface area contributed by atoms with Gasteiger partial charge in [-0.2, -0.15) is 0 Å². The molecule has 1 heterocycles. The molecule has 2 rings (SSSR count). The number of non-ortho nitro benzene ring substituents is 1. The second-order valence-corrected chi connectivity index (χ2v) is 7.77. The summed E-state index contributed by atoms with van der Waals surface area (Å²) in [6, 6.07) is 3.54. The Hall–Kier alpha value is -3.57. The maximum Gasteiger partial charge on any atom is 0.333 e. The summed E-state index contributed by atoms with van der Waals surface area (Å²) in [6.45, 7) is 0.531. The Labute approximate surface area is 190 Å². The Morgan fingerprint density at radius 2 is 1.48 bits per heavy atom. The number of nitro benzene ring substituents is 2. The van der Waals surface area contributed by atoms with E-state index in [0.29, 0.717) is 18.0 Å². The highest BCUT2D eigenvalue weighted by molar-refractivity contribution is 6.01. The van der Waals surface area contributed by atoms with E-state index in [-0.39, 0.29) is 36.3 Å². The Morgan fingerprint density at radius 1 is 0.909 bits per heavy atom. The maximum atomic E-state index is 11.7. The quantitative estimate of drug-likeness (QED) is 0.175. The summed E-state index contributed by atoms with van der Waals surface area (Å²) in [4.78, 5) is 59.8. The van der Waals surface area contributed by atoms with Crippen LogP contribution >= 0.6 is 0 Å². The summed E-state index contributed by atoms with van der Waals surface area (Å²) in [5.41, 5.74) is -0.366. The van der Waals surface area contributed by atoms with E-state index in [1.807, 2.05) is 0 Å². The molecule has 1 aliphatic rings. The van der Waals surface area contributed by atoms with Crippen LogP contribution in [0.5, 0.6) is 0 Å². The molecule has 12 heteroatoms. The van der Waals surface area contributed by atoms with Gasteiger partial charge in [0.1, 0.15) is 5.69 Å². The number of amides is 2. The minimum atomic E-state index is -0.665. The zero-order valence-electron chi connectivity index (χ0n) is 18.3. The van der Waals surface area contributed by atoms with Crippen LogP contribution in [-0.4, -0.2) is 39.2 Å². The first-order valence-corrected chi connectivity index (χ1v) is 11.0. The molecule has 0 atom stereocenters. The number of carbonyl (C=O) groups is 3. The van der Waals surface area contributed by atoms with Crippen molar-refractivity contribution in [1.29, 1.82) is 0 Å². The highest BCUT2D eigenvalue weighted by atomic mass is 16.7. The van der Waals surface area contributed by atoms with Crippen LogP contribution in [0.3, 0.4) is 0 Å². The van der Waals surface area contributed by atoms with E-state index in [1.54, 1.807) is 0 Å². The Kier molecular flexibility index (Phi) is 10.2. The Bertz CT molecular complexity index is 873. The van der Waals surface area contributed by atoms with Crippen molar-refractivity contribution in [2.75, 3.05) is 11.9 Å². The van der Waals surface area contributed by atoms with Gasteiger partial charge in [-0.25, -0.2) is 4.79 Å². The molecule has 2 amide bonds. The third-order valence-corrected chi connectivity index (χ3v) is 5.21. The van der Waals surface area contributed by atoms with Crippen molar-refractivity contribution >= 4 is 34.8 Å². The summed E-state index contributed by atoms with van der Waals surface area (Å²) in [5.74, 6) is -1.52. The number of rotatable bonds is 15. The number of carbonyl (C=O) groups excluding carboxylic acids is 3. The fraction of sp³-hybridized carbons (Fsp3) is 0.571. The second-order valence-electron chi connectivity index (χ2n) is 7.77. The van der Waals surface area contributed by atoms with Crippen LogP contribution in [0.2, 0.25) is 0 Å². The van der Waals surface area contributed by atoms with E-state index in [0.717, 1.165) is 51.0 Å². The third kappa shape index (κ3) is 8.47. The summed E-state index contributed by atoms with van der Waals surface area (Å²) in [6.07, 6.45) is 7.57. The van der Waals surface area contributed by atoms with Gasteiger partial charge < -0.3 is 10.2 Å². The predicted octanol–water partition coefficient (Wildman–Crippen LogP) is 4.03. The van der Waals surface area contributed by atoms with Crippen LogP contribution in [-0.2, 0) is 19.2 Å². The second kappa shape index (κ2) is 13.1. The molecule has 0 saturated carbocycles. The lowest BCUT2D eigenvalue weighted by Gasteiger charge is -2.12. The van der Waals surface area contributed by atoms with Gasteiger partial charge in [-0.15, -0.1) is 5.06 Å². The van der Waals surface area contributed by atoms with Gasteiger partial charge in [0.05, 0.1) is 15.9 Å². The lowest BCUT2D eigenvalue weighted by atomic mass is 10.1. The van der Waals surface area contributed by atoms with Crippen molar-refractivity contribution in [1.82, 2.24) is 5.06 Å². The lowest BCUT2D eigenvalue weighted by molar-refractivity contribution is -0.393. The number of imide groups is 1. The van der Waals surface area contributed by atoms with Crippen molar-refractivity contribution in [2.24, 2.45) is 0 Å². The fourth-order valence-corrected chi connectivity index (χ4v) is 3.42. The highest BCUT2D eigenvalue weighted by Crippen LogP contribution is 2.29. The van der Waals surface area contributed by atoms with E-state index < -0.39 is 27.6 Å². The van der Waals surface area contributed by atoms with Crippen LogP contribution in [0.25, 0.3) is 0 Å². The van der Waals surface area contributed by atoms with E-state index in [9.17, 15) is 34.6 Å². The van der Waals surface area contributed by atoms with Gasteiger partial charge in [-0.05, 0) is 18.9 Å². The molecule has 1 N–H and O–H groups in total. The number of hydroxylamine groups is 2. The molecule has 1 aliphatic heterocycles. The number of hydrogen-bond donors (Lipinski definition) is 1. The molecule has 0 bridgehead atoms. The maximum absolute atomic E-state index is 11.7. The van der Waals surface area contributed by atoms with Gasteiger partial charge in [-0.1, -0.05) is 38.5 Å². The smallest absolute Gasteiger partial charge is 0.333 e. The molecular weight excluding hydrogens is 436 g/mol. The van der Waals surface area contributed by atoms with Crippen molar-refractivity contribution in [3.63, 3.8) is 0 Å². The molecular formula is C21H28N4O8. The molecule has 0 spiro atoms. The van der Waals surface area contributed by atoms with Gasteiger partial charge in [0.15, 0.2) is 0 Å². The van der Waals surface area contributed by atoms with E-state index in [1.165, 1.54) is 12.1 Å². The third-order valence-electron chi connectivity index (χ3n) is 5.21. The van der Waals surface area contributed by atoms with Crippen molar-refractivity contribution < 1.29 is 29.1 Å². The zero-order chi connectivity index (χ0) is 24.2. The SMILES string of the molecule is O=C(CCCCCCCCCCNc1ccc([N+](=O)[O-])cc1[N+](=O)[O-])ON1C(=O)CCC1=O. The number of benzene rings is 1. The first-order chi connectivity index (χ1) is 15.8. The number of nitrogens with zero attached hydrogens (tertiary/aromatic N) is 3. The van der Waals surface area contributed by atoms with Crippen molar-refractivity contribution in [2.45, 2.75) is 70.6 Å². The van der Waals surface area contributed by atoms with Crippen LogP contribution in [0.15, 0.2) is 18.2 Å². The largest absolute Gasteiger partial charge is 0.379 e. The van der Waals surface area contributed by atoms with Crippen LogP contribution in [0.4, 0.5) is 17.1 Å². The van der Waals surface area contributed by atoms with Gasteiger partial charge in [0.2, 0.25) is 0 Å². The monoisotopic (exact) mass is 464 g/mol. The standard InChI is InChI=1S/C21H28N4O8/c26-19-12-13-20(27)23(19)33-21(28)9-7-5-3-1-2-4-6-8-14-22-17-11-10-16(24(29)30)15-18(17)25(31)32/h10-11,15,22H,1-9,12-14H2. The molecule has 33 heavy (non-hydrogen) atoms. The predicted molar refractivity (Wildman–Crippen MR) is 117 cm³/mol. The molecule has 1 fully saturated rings. The van der Waals surface area contributed by atoms with E-state index in [4.69, 9.17) is 4.84 Å². The molecule has 1 aromatic rings. The number of nitrogens with one attached hydrogen (secondary N) is 1. The molecule has 1 saturated heterocycles. The van der Waals surface area contributed by atoms with Gasteiger partial charge in [0, 0.05) is 31.9 Å². The topological polar surface area (TPSA) is 162 Å². The normalized spacial score (nSPS) is 13.3. The number of unbranched alkanes of at least 4 members (excludes halogenated alkanes) is 7. The first-order valence-electron chi connectivity index (χ1n) is 11.0. The summed E-state index contributed by atoms with van der Waals surface area (Å²) >= 11 is 0. The van der Waals surface area contributed by atoms with Gasteiger partial charge in [-0.3, -0.25) is 29.8 Å². The molecule has 1 aromatic carbocycles. The molecule has 0 radical (unpaired) electrons. The average Bonchev–Trinajstić information content (AvgIpc) is 3.09. The summed E-state index contributed by atoms with van der Waals surface area (Å²) in [7, 11) is 0. The number of nitro groups is 2. The van der Waals surface area contributed by atoms with Crippen LogP contribution < -0.4 is 5.32 Å². The number of hydrogen-bond acceptors (Lipinski definition) is 9. The Morgan fingerprint density at radius 3 is 2.06 bits per heavy atom. The first kappa shape index (κ1) is 25.7. The average molecular weight is 464 g/mol. The highest BCUT2D eigenvalue weighted by Gasteiger charge is 2.32. The summed E-state index contributed by atoms with van der Waals surface area (Å²) < 4.78 is 0. The minimum Gasteiger partial charge on any atom is -0.379 e. The molecule has 0 aromatic heterocycles. The zero-order valence-corrected chi connectivity index (χ0v) is 18.3. The van der Waals surface area contributed by atoms with Crippen LogP contribution in [0, 0.1) is 20.2 Å². The minimum absolute atomic E-state index is 0.0825. The molecule has 12 nitrogen and oxygen atoms in total.